The van der Waals surface area contributed by atoms with Gasteiger partial charge in [-0.3, -0.25) is 0 Å². The van der Waals surface area contributed by atoms with E-state index in [2.05, 4.69) is 42.2 Å². The minimum Gasteiger partial charge on any atom is -0.303 e. The zero-order chi connectivity index (χ0) is 9.10. The van der Waals surface area contributed by atoms with Crippen molar-refractivity contribution < 1.29 is 0 Å². The Labute approximate surface area is 80.4 Å². The third-order valence-corrected chi connectivity index (χ3v) is 2.99. The summed E-state index contributed by atoms with van der Waals surface area (Å²) in [5, 5.41) is 0. The quantitative estimate of drug-likeness (QED) is 0.667. The number of hydrogen-bond acceptors (Lipinski definition) is 1. The Kier molecular flexibility index (Phi) is 2.65. The molecule has 1 atom stereocenters. The second-order valence-electron chi connectivity index (χ2n) is 3.79. The summed E-state index contributed by atoms with van der Waals surface area (Å²) in [5.41, 5.74) is 1.51. The number of likely N-dealkylation sites (N-methyl/N-ethyl adjacent to an activating group) is 1. The molecule has 1 heteroatoms. The average Bonchev–Trinajstić information content (AvgIpc) is 2.67. The Morgan fingerprint density at radius 2 is 2.08 bits per heavy atom. The van der Waals surface area contributed by atoms with Gasteiger partial charge in [0.25, 0.3) is 0 Å². The molecule has 1 fully saturated rings. The Bertz CT molecular complexity index is 255. The van der Waals surface area contributed by atoms with Crippen molar-refractivity contribution in [3.63, 3.8) is 0 Å². The van der Waals surface area contributed by atoms with Gasteiger partial charge >= 0.3 is 0 Å². The maximum absolute atomic E-state index is 2.53. The van der Waals surface area contributed by atoms with E-state index in [0.717, 1.165) is 5.92 Å². The molecule has 1 heterocycles. The lowest BCUT2D eigenvalue weighted by Crippen LogP contribution is -2.19. The van der Waals surface area contributed by atoms with E-state index >= 15 is 0 Å². The summed E-state index contributed by atoms with van der Waals surface area (Å²) < 4.78 is 0. The van der Waals surface area contributed by atoms with E-state index in [0.29, 0.717) is 0 Å². The predicted octanol–water partition coefficient (Wildman–Crippen LogP) is 2.50. The molecule has 0 amide bonds. The second-order valence-corrected chi connectivity index (χ2v) is 3.79. The molecule has 1 nitrogen and oxygen atoms in total. The van der Waals surface area contributed by atoms with Gasteiger partial charge in [0, 0.05) is 6.54 Å². The first-order valence-electron chi connectivity index (χ1n) is 5.17. The number of hydrogen-bond donors (Lipinski definition) is 0. The Hall–Kier alpha value is -0.820. The van der Waals surface area contributed by atoms with Gasteiger partial charge in [0.1, 0.15) is 0 Å². The largest absolute Gasteiger partial charge is 0.303 e. The molecule has 1 aromatic carbocycles. The van der Waals surface area contributed by atoms with Crippen molar-refractivity contribution in [2.24, 2.45) is 0 Å². The molecule has 1 aliphatic heterocycles. The molecule has 0 spiro atoms. The van der Waals surface area contributed by atoms with Gasteiger partial charge in [-0.25, -0.2) is 0 Å². The SMILES string of the molecule is CCN1CC[C@@H](c2ccccc2)C1. The van der Waals surface area contributed by atoms with Crippen molar-refractivity contribution in [1.82, 2.24) is 4.90 Å². The fourth-order valence-corrected chi connectivity index (χ4v) is 2.12. The Balaban J connectivity index is 2.04. The standard InChI is InChI=1S/C12H17N/c1-2-13-9-8-12(10-13)11-6-4-3-5-7-11/h3-7,12H,2,8-10H2,1H3/t12-/m1/s1. The first-order chi connectivity index (χ1) is 6.40. The summed E-state index contributed by atoms with van der Waals surface area (Å²) >= 11 is 0. The molecular formula is C12H17N. The van der Waals surface area contributed by atoms with Crippen LogP contribution in [0.2, 0.25) is 0 Å². The van der Waals surface area contributed by atoms with Crippen molar-refractivity contribution >= 4 is 0 Å². The summed E-state index contributed by atoms with van der Waals surface area (Å²) in [5.74, 6) is 0.779. The molecule has 1 saturated heterocycles. The highest BCUT2D eigenvalue weighted by atomic mass is 15.1. The van der Waals surface area contributed by atoms with Crippen LogP contribution in [0.1, 0.15) is 24.8 Å². The molecule has 0 radical (unpaired) electrons. The lowest BCUT2D eigenvalue weighted by molar-refractivity contribution is 0.354. The van der Waals surface area contributed by atoms with Crippen LogP contribution in [-0.2, 0) is 0 Å². The summed E-state index contributed by atoms with van der Waals surface area (Å²) in [6.07, 6.45) is 1.33. The predicted molar refractivity (Wildman–Crippen MR) is 55.9 cm³/mol. The van der Waals surface area contributed by atoms with Crippen molar-refractivity contribution in [2.75, 3.05) is 19.6 Å². The van der Waals surface area contributed by atoms with E-state index < -0.39 is 0 Å². The smallest absolute Gasteiger partial charge is 0.00506 e. The van der Waals surface area contributed by atoms with Crippen LogP contribution in [-0.4, -0.2) is 24.5 Å². The van der Waals surface area contributed by atoms with Gasteiger partial charge in [-0.05, 0) is 31.0 Å². The highest BCUT2D eigenvalue weighted by molar-refractivity contribution is 5.20. The van der Waals surface area contributed by atoms with E-state index in [1.54, 1.807) is 0 Å². The third kappa shape index (κ3) is 1.92. The van der Waals surface area contributed by atoms with Crippen molar-refractivity contribution in [2.45, 2.75) is 19.3 Å². The first-order valence-corrected chi connectivity index (χ1v) is 5.17. The fraction of sp³-hybridized carbons (Fsp3) is 0.500. The molecule has 13 heavy (non-hydrogen) atoms. The first kappa shape index (κ1) is 8.76. The highest BCUT2D eigenvalue weighted by Crippen LogP contribution is 2.26. The molecule has 1 aliphatic rings. The molecule has 0 aliphatic carbocycles. The van der Waals surface area contributed by atoms with Crippen molar-refractivity contribution in [1.29, 1.82) is 0 Å². The molecule has 1 aromatic rings. The number of benzene rings is 1. The van der Waals surface area contributed by atoms with Crippen LogP contribution < -0.4 is 0 Å². The van der Waals surface area contributed by atoms with Gasteiger partial charge in [0.15, 0.2) is 0 Å². The normalized spacial score (nSPS) is 23.6. The van der Waals surface area contributed by atoms with Gasteiger partial charge in [-0.15, -0.1) is 0 Å². The molecule has 2 rings (SSSR count). The lowest BCUT2D eigenvalue weighted by atomic mass is 9.99. The summed E-state index contributed by atoms with van der Waals surface area (Å²) in [6, 6.07) is 10.9. The van der Waals surface area contributed by atoms with E-state index in [1.807, 2.05) is 0 Å². The number of likely N-dealkylation sites (tertiary alicyclic amines) is 1. The average molecular weight is 175 g/mol. The molecule has 70 valence electrons. The van der Waals surface area contributed by atoms with Gasteiger partial charge in [0.05, 0.1) is 0 Å². The minimum absolute atomic E-state index is 0.779. The summed E-state index contributed by atoms with van der Waals surface area (Å²) in [6.45, 7) is 5.97. The van der Waals surface area contributed by atoms with Crippen LogP contribution in [0, 0.1) is 0 Å². The monoisotopic (exact) mass is 175 g/mol. The van der Waals surface area contributed by atoms with E-state index in [9.17, 15) is 0 Å². The molecule has 0 saturated carbocycles. The zero-order valence-electron chi connectivity index (χ0n) is 8.24. The second kappa shape index (κ2) is 3.93. The zero-order valence-corrected chi connectivity index (χ0v) is 8.24. The highest BCUT2D eigenvalue weighted by Gasteiger charge is 2.21. The molecule has 0 unspecified atom stereocenters. The third-order valence-electron chi connectivity index (χ3n) is 2.99. The van der Waals surface area contributed by atoms with Crippen molar-refractivity contribution in [3.05, 3.63) is 35.9 Å². The molecule has 0 N–H and O–H groups in total. The number of rotatable bonds is 2. The molecule has 0 bridgehead atoms. The van der Waals surface area contributed by atoms with Crippen LogP contribution in [0.15, 0.2) is 30.3 Å². The fourth-order valence-electron chi connectivity index (χ4n) is 2.12. The van der Waals surface area contributed by atoms with Gasteiger partial charge in [-0.2, -0.15) is 0 Å². The van der Waals surface area contributed by atoms with Gasteiger partial charge in [-0.1, -0.05) is 37.3 Å². The lowest BCUT2D eigenvalue weighted by Gasteiger charge is -2.12. The number of nitrogens with zero attached hydrogens (tertiary/aromatic N) is 1. The van der Waals surface area contributed by atoms with Crippen LogP contribution in [0.5, 0.6) is 0 Å². The summed E-state index contributed by atoms with van der Waals surface area (Å²) in [4.78, 5) is 2.53. The van der Waals surface area contributed by atoms with Gasteiger partial charge < -0.3 is 4.90 Å². The maximum Gasteiger partial charge on any atom is 0.00506 e. The van der Waals surface area contributed by atoms with E-state index in [4.69, 9.17) is 0 Å². The van der Waals surface area contributed by atoms with Crippen LogP contribution >= 0.6 is 0 Å². The van der Waals surface area contributed by atoms with Gasteiger partial charge in [0.2, 0.25) is 0 Å². The molecular weight excluding hydrogens is 158 g/mol. The Morgan fingerprint density at radius 3 is 2.69 bits per heavy atom. The molecule has 0 aromatic heterocycles. The Morgan fingerprint density at radius 1 is 1.31 bits per heavy atom. The van der Waals surface area contributed by atoms with E-state index in [-0.39, 0.29) is 0 Å². The van der Waals surface area contributed by atoms with Crippen LogP contribution in [0.3, 0.4) is 0 Å². The maximum atomic E-state index is 2.53. The van der Waals surface area contributed by atoms with Crippen LogP contribution in [0.25, 0.3) is 0 Å². The van der Waals surface area contributed by atoms with Crippen molar-refractivity contribution in [3.8, 4) is 0 Å². The van der Waals surface area contributed by atoms with E-state index in [1.165, 1.54) is 31.6 Å². The minimum atomic E-state index is 0.779. The topological polar surface area (TPSA) is 3.24 Å². The van der Waals surface area contributed by atoms with Crippen LogP contribution in [0.4, 0.5) is 0 Å². The summed E-state index contributed by atoms with van der Waals surface area (Å²) in [7, 11) is 0.